The van der Waals surface area contributed by atoms with Crippen LogP contribution in [-0.2, 0) is 9.53 Å². The molecule has 0 atom stereocenters. The van der Waals surface area contributed by atoms with Crippen LogP contribution in [0.25, 0.3) is 0 Å². The first kappa shape index (κ1) is 17.4. The van der Waals surface area contributed by atoms with Crippen molar-refractivity contribution in [3.63, 3.8) is 0 Å². The van der Waals surface area contributed by atoms with Crippen LogP contribution in [0.5, 0.6) is 0 Å². The standard InChI is InChI=1S/C14H26ClNO2/c1-13(16)12-14(17)18-11-9-7-5-3-2-4-6-8-10-15/h16H,2-12H2,1H3. The number of unbranched alkanes of at least 4 members (excludes halogenated alkanes) is 7. The molecule has 0 aromatic heterocycles. The lowest BCUT2D eigenvalue weighted by molar-refractivity contribution is -0.142. The molecule has 0 saturated heterocycles. The zero-order valence-electron chi connectivity index (χ0n) is 11.5. The van der Waals surface area contributed by atoms with E-state index >= 15 is 0 Å². The highest BCUT2D eigenvalue weighted by atomic mass is 35.5. The number of halogens is 1. The van der Waals surface area contributed by atoms with Gasteiger partial charge >= 0.3 is 5.97 Å². The highest BCUT2D eigenvalue weighted by molar-refractivity contribution is 6.17. The van der Waals surface area contributed by atoms with Crippen molar-refractivity contribution in [2.75, 3.05) is 12.5 Å². The number of carbonyl (C=O) groups excluding carboxylic acids is 1. The Labute approximate surface area is 116 Å². The van der Waals surface area contributed by atoms with E-state index < -0.39 is 0 Å². The second kappa shape index (κ2) is 12.9. The molecule has 0 heterocycles. The fourth-order valence-electron chi connectivity index (χ4n) is 1.71. The average Bonchev–Trinajstić information content (AvgIpc) is 2.30. The molecular formula is C14H26ClNO2. The molecule has 0 spiro atoms. The van der Waals surface area contributed by atoms with Gasteiger partial charge in [0.25, 0.3) is 0 Å². The van der Waals surface area contributed by atoms with Gasteiger partial charge in [-0.05, 0) is 19.8 Å². The Hall–Kier alpha value is -0.570. The maximum absolute atomic E-state index is 11.1. The van der Waals surface area contributed by atoms with E-state index in [0.29, 0.717) is 12.3 Å². The third-order valence-electron chi connectivity index (χ3n) is 2.70. The predicted octanol–water partition coefficient (Wildman–Crippen LogP) is 4.32. The van der Waals surface area contributed by atoms with E-state index in [1.54, 1.807) is 6.92 Å². The van der Waals surface area contributed by atoms with Gasteiger partial charge in [0.05, 0.1) is 13.0 Å². The molecule has 0 amide bonds. The van der Waals surface area contributed by atoms with Gasteiger partial charge in [-0.3, -0.25) is 4.79 Å². The Morgan fingerprint density at radius 1 is 1.00 bits per heavy atom. The molecule has 0 aromatic carbocycles. The van der Waals surface area contributed by atoms with Crippen LogP contribution in [0.1, 0.15) is 64.7 Å². The average molecular weight is 276 g/mol. The molecule has 4 heteroatoms. The Balaban J connectivity index is 3.11. The molecular weight excluding hydrogens is 250 g/mol. The summed E-state index contributed by atoms with van der Waals surface area (Å²) in [7, 11) is 0. The summed E-state index contributed by atoms with van der Waals surface area (Å²) in [6.45, 7) is 2.11. The van der Waals surface area contributed by atoms with Gasteiger partial charge in [0, 0.05) is 11.6 Å². The lowest BCUT2D eigenvalue weighted by atomic mass is 10.1. The molecule has 0 rings (SSSR count). The summed E-state index contributed by atoms with van der Waals surface area (Å²) >= 11 is 5.60. The number of hydrogen-bond acceptors (Lipinski definition) is 3. The molecule has 0 aromatic rings. The lowest BCUT2D eigenvalue weighted by Crippen LogP contribution is -2.09. The zero-order valence-corrected chi connectivity index (χ0v) is 12.2. The topological polar surface area (TPSA) is 50.2 Å². The monoisotopic (exact) mass is 275 g/mol. The quantitative estimate of drug-likeness (QED) is 0.250. The van der Waals surface area contributed by atoms with E-state index in [-0.39, 0.29) is 12.4 Å². The Bertz CT molecular complexity index is 232. The van der Waals surface area contributed by atoms with Crippen molar-refractivity contribution in [2.45, 2.75) is 64.7 Å². The van der Waals surface area contributed by atoms with E-state index in [9.17, 15) is 4.79 Å². The zero-order chi connectivity index (χ0) is 13.6. The summed E-state index contributed by atoms with van der Waals surface area (Å²) in [5.74, 6) is 0.504. The normalized spacial score (nSPS) is 10.3. The molecule has 0 unspecified atom stereocenters. The van der Waals surface area contributed by atoms with E-state index in [1.165, 1.54) is 32.1 Å². The summed E-state index contributed by atoms with van der Waals surface area (Å²) in [5.41, 5.74) is 0.358. The van der Waals surface area contributed by atoms with Crippen LogP contribution >= 0.6 is 11.6 Å². The number of nitrogens with one attached hydrogen (secondary N) is 1. The van der Waals surface area contributed by atoms with Gasteiger partial charge < -0.3 is 10.1 Å². The minimum Gasteiger partial charge on any atom is -0.465 e. The van der Waals surface area contributed by atoms with Crippen LogP contribution < -0.4 is 0 Å². The number of esters is 1. The van der Waals surface area contributed by atoms with Crippen LogP contribution in [-0.4, -0.2) is 24.2 Å². The molecule has 0 radical (unpaired) electrons. The smallest absolute Gasteiger partial charge is 0.311 e. The summed E-state index contributed by atoms with van der Waals surface area (Å²) in [5, 5.41) is 7.16. The second-order valence-electron chi connectivity index (χ2n) is 4.69. The fraction of sp³-hybridized carbons (Fsp3) is 0.857. The van der Waals surface area contributed by atoms with Crippen LogP contribution in [0.4, 0.5) is 0 Å². The van der Waals surface area contributed by atoms with Crippen molar-refractivity contribution < 1.29 is 9.53 Å². The molecule has 0 bridgehead atoms. The van der Waals surface area contributed by atoms with Gasteiger partial charge in [0.2, 0.25) is 0 Å². The van der Waals surface area contributed by atoms with Crippen LogP contribution in [0.15, 0.2) is 0 Å². The summed E-state index contributed by atoms with van der Waals surface area (Å²) in [6, 6.07) is 0. The Kier molecular flexibility index (Phi) is 12.5. The van der Waals surface area contributed by atoms with E-state index in [1.807, 2.05) is 0 Å². The predicted molar refractivity (Wildman–Crippen MR) is 76.6 cm³/mol. The van der Waals surface area contributed by atoms with E-state index in [0.717, 1.165) is 25.1 Å². The van der Waals surface area contributed by atoms with Crippen LogP contribution in [0.2, 0.25) is 0 Å². The van der Waals surface area contributed by atoms with Crippen molar-refractivity contribution in [1.82, 2.24) is 0 Å². The molecule has 3 nitrogen and oxygen atoms in total. The SMILES string of the molecule is CC(=N)CC(=O)OCCCCCCCCCCCl. The van der Waals surface area contributed by atoms with Crippen molar-refractivity contribution in [1.29, 1.82) is 5.41 Å². The maximum atomic E-state index is 11.1. The summed E-state index contributed by atoms with van der Waals surface area (Å²) < 4.78 is 5.02. The molecule has 0 saturated carbocycles. The molecule has 0 aliphatic heterocycles. The lowest BCUT2D eigenvalue weighted by Gasteiger charge is -2.04. The van der Waals surface area contributed by atoms with Crippen molar-refractivity contribution in [2.24, 2.45) is 0 Å². The minimum absolute atomic E-state index is 0.126. The number of rotatable bonds is 12. The van der Waals surface area contributed by atoms with Crippen molar-refractivity contribution >= 4 is 23.3 Å². The van der Waals surface area contributed by atoms with Gasteiger partial charge in [-0.1, -0.05) is 38.5 Å². The molecule has 106 valence electrons. The fourth-order valence-corrected chi connectivity index (χ4v) is 1.90. The first-order valence-corrected chi connectivity index (χ1v) is 7.46. The first-order valence-electron chi connectivity index (χ1n) is 6.92. The highest BCUT2D eigenvalue weighted by Crippen LogP contribution is 2.09. The highest BCUT2D eigenvalue weighted by Gasteiger charge is 2.02. The number of alkyl halides is 1. The number of hydrogen-bond donors (Lipinski definition) is 1. The van der Waals surface area contributed by atoms with Crippen LogP contribution in [0.3, 0.4) is 0 Å². The number of carbonyl (C=O) groups is 1. The van der Waals surface area contributed by atoms with Crippen molar-refractivity contribution in [3.05, 3.63) is 0 Å². The third kappa shape index (κ3) is 13.5. The van der Waals surface area contributed by atoms with Gasteiger partial charge in [-0.2, -0.15) is 0 Å². The molecule has 0 aliphatic rings. The number of ether oxygens (including phenoxy) is 1. The maximum Gasteiger partial charge on any atom is 0.311 e. The van der Waals surface area contributed by atoms with Gasteiger partial charge in [-0.15, -0.1) is 11.6 Å². The van der Waals surface area contributed by atoms with Gasteiger partial charge in [0.15, 0.2) is 0 Å². The van der Waals surface area contributed by atoms with Gasteiger partial charge in [-0.25, -0.2) is 0 Å². The molecule has 18 heavy (non-hydrogen) atoms. The molecule has 0 aliphatic carbocycles. The Morgan fingerprint density at radius 2 is 1.50 bits per heavy atom. The largest absolute Gasteiger partial charge is 0.465 e. The minimum atomic E-state index is -0.274. The summed E-state index contributed by atoms with van der Waals surface area (Å²) in [6.07, 6.45) is 9.58. The first-order chi connectivity index (χ1) is 8.66. The van der Waals surface area contributed by atoms with E-state index in [2.05, 4.69) is 0 Å². The van der Waals surface area contributed by atoms with E-state index in [4.69, 9.17) is 21.7 Å². The third-order valence-corrected chi connectivity index (χ3v) is 2.97. The summed E-state index contributed by atoms with van der Waals surface area (Å²) in [4.78, 5) is 11.1. The van der Waals surface area contributed by atoms with Crippen molar-refractivity contribution in [3.8, 4) is 0 Å². The Morgan fingerprint density at radius 3 is 2.00 bits per heavy atom. The van der Waals surface area contributed by atoms with Gasteiger partial charge in [0.1, 0.15) is 0 Å². The van der Waals surface area contributed by atoms with Crippen LogP contribution in [0, 0.1) is 5.41 Å². The molecule has 0 fully saturated rings. The molecule has 1 N–H and O–H groups in total. The second-order valence-corrected chi connectivity index (χ2v) is 5.07.